The van der Waals surface area contributed by atoms with Gasteiger partial charge < -0.3 is 0 Å². The lowest BCUT2D eigenvalue weighted by atomic mass is 10.3. The van der Waals surface area contributed by atoms with Crippen LogP contribution in [0.25, 0.3) is 26.8 Å². The maximum absolute atomic E-state index is 12.4. The third kappa shape index (κ3) is 1.60. The lowest BCUT2D eigenvalue weighted by Crippen LogP contribution is -2.13. The summed E-state index contributed by atoms with van der Waals surface area (Å²) < 4.78 is 2.51. The smallest absolute Gasteiger partial charge is 0.280 e. The predicted molar refractivity (Wildman–Crippen MR) is 82.1 cm³/mol. The minimum absolute atomic E-state index is 0.106. The van der Waals surface area contributed by atoms with E-state index in [2.05, 4.69) is 10.1 Å². The highest BCUT2D eigenvalue weighted by molar-refractivity contribution is 7.18. The predicted octanol–water partition coefficient (Wildman–Crippen LogP) is 3.58. The van der Waals surface area contributed by atoms with Crippen molar-refractivity contribution in [2.24, 2.45) is 0 Å². The van der Waals surface area contributed by atoms with E-state index in [0.717, 1.165) is 21.4 Å². The van der Waals surface area contributed by atoms with Gasteiger partial charge in [0.1, 0.15) is 0 Å². The van der Waals surface area contributed by atoms with Crippen molar-refractivity contribution < 1.29 is 0 Å². The van der Waals surface area contributed by atoms with Gasteiger partial charge in [-0.25, -0.2) is 4.68 Å². The first-order chi connectivity index (χ1) is 9.74. The first-order valence-electron chi connectivity index (χ1n) is 5.97. The standard InChI is InChI=1S/C14H8ClN3OS/c15-8-1-3-9(4-2-8)18-14(19)10-7-16-11-5-6-20-13(11)12(10)17-18/h1-7,17H. The summed E-state index contributed by atoms with van der Waals surface area (Å²) in [6, 6.07) is 9.06. The van der Waals surface area contributed by atoms with Crippen molar-refractivity contribution in [1.29, 1.82) is 0 Å². The molecule has 4 nitrogen and oxygen atoms in total. The van der Waals surface area contributed by atoms with Crippen LogP contribution < -0.4 is 5.56 Å². The minimum atomic E-state index is -0.106. The average molecular weight is 302 g/mol. The Hall–Kier alpha value is -2.11. The lowest BCUT2D eigenvalue weighted by molar-refractivity contribution is 0.865. The summed E-state index contributed by atoms with van der Waals surface area (Å²) >= 11 is 7.44. The summed E-state index contributed by atoms with van der Waals surface area (Å²) in [5, 5.41) is 6.36. The second-order valence-corrected chi connectivity index (χ2v) is 5.76. The first-order valence-corrected chi connectivity index (χ1v) is 7.23. The number of pyridine rings is 1. The van der Waals surface area contributed by atoms with E-state index in [1.54, 1.807) is 41.8 Å². The molecule has 0 saturated heterocycles. The molecular weight excluding hydrogens is 294 g/mol. The van der Waals surface area contributed by atoms with Crippen LogP contribution in [-0.4, -0.2) is 14.8 Å². The second kappa shape index (κ2) is 4.19. The van der Waals surface area contributed by atoms with Crippen LogP contribution in [0.5, 0.6) is 0 Å². The van der Waals surface area contributed by atoms with Crippen molar-refractivity contribution in [1.82, 2.24) is 14.8 Å². The van der Waals surface area contributed by atoms with E-state index in [1.807, 2.05) is 11.4 Å². The normalized spacial score (nSPS) is 11.4. The Morgan fingerprint density at radius 2 is 2.00 bits per heavy atom. The Kier molecular flexibility index (Phi) is 2.45. The molecule has 0 atom stereocenters. The van der Waals surface area contributed by atoms with Crippen LogP contribution in [0.3, 0.4) is 0 Å². The molecule has 0 fully saturated rings. The fourth-order valence-electron chi connectivity index (χ4n) is 2.24. The molecule has 6 heteroatoms. The zero-order valence-electron chi connectivity index (χ0n) is 10.1. The number of benzene rings is 1. The number of aromatic amines is 1. The number of nitrogens with zero attached hydrogens (tertiary/aromatic N) is 2. The van der Waals surface area contributed by atoms with Crippen LogP contribution >= 0.6 is 22.9 Å². The maximum atomic E-state index is 12.4. The molecule has 0 aliphatic carbocycles. The molecule has 0 amide bonds. The van der Waals surface area contributed by atoms with Crippen molar-refractivity contribution in [3.05, 3.63) is 57.3 Å². The number of aromatic nitrogens is 3. The highest BCUT2D eigenvalue weighted by Gasteiger charge is 2.12. The molecule has 0 spiro atoms. The molecule has 0 bridgehead atoms. The molecule has 4 rings (SSSR count). The van der Waals surface area contributed by atoms with E-state index in [-0.39, 0.29) is 5.56 Å². The fraction of sp³-hybridized carbons (Fsp3) is 0. The molecule has 1 aromatic carbocycles. The van der Waals surface area contributed by atoms with Gasteiger partial charge in [-0.2, -0.15) is 0 Å². The van der Waals surface area contributed by atoms with Gasteiger partial charge in [0.15, 0.2) is 0 Å². The number of fused-ring (bicyclic) bond motifs is 3. The number of hydrogen-bond donors (Lipinski definition) is 1. The fourth-order valence-corrected chi connectivity index (χ4v) is 3.21. The Bertz CT molecular complexity index is 981. The third-order valence-corrected chi connectivity index (χ3v) is 4.39. The lowest BCUT2D eigenvalue weighted by Gasteiger charge is -2.00. The van der Waals surface area contributed by atoms with E-state index < -0.39 is 0 Å². The molecule has 0 radical (unpaired) electrons. The first kappa shape index (κ1) is 11.7. The van der Waals surface area contributed by atoms with Gasteiger partial charge in [0.05, 0.1) is 26.8 Å². The van der Waals surface area contributed by atoms with E-state index in [4.69, 9.17) is 11.6 Å². The zero-order valence-corrected chi connectivity index (χ0v) is 11.7. The summed E-state index contributed by atoms with van der Waals surface area (Å²) in [5.74, 6) is 0. The third-order valence-electron chi connectivity index (χ3n) is 3.22. The quantitative estimate of drug-likeness (QED) is 0.584. The monoisotopic (exact) mass is 301 g/mol. The Labute approximate surface area is 122 Å². The van der Waals surface area contributed by atoms with Gasteiger partial charge in [0.25, 0.3) is 5.56 Å². The summed E-state index contributed by atoms with van der Waals surface area (Å²) in [5.41, 5.74) is 2.36. The molecular formula is C14H8ClN3OS. The highest BCUT2D eigenvalue weighted by Crippen LogP contribution is 2.25. The van der Waals surface area contributed by atoms with Gasteiger partial charge >= 0.3 is 0 Å². The van der Waals surface area contributed by atoms with Gasteiger partial charge in [-0.1, -0.05) is 11.6 Å². The summed E-state index contributed by atoms with van der Waals surface area (Å²) in [6.45, 7) is 0. The number of hydrogen-bond acceptors (Lipinski definition) is 3. The molecule has 3 heterocycles. The van der Waals surface area contributed by atoms with Crippen LogP contribution in [0.15, 0.2) is 46.7 Å². The summed E-state index contributed by atoms with van der Waals surface area (Å²) in [6.07, 6.45) is 1.62. The SMILES string of the molecule is O=c1c2cnc3ccsc3c2[nH]n1-c1ccc(Cl)cc1. The number of halogens is 1. The van der Waals surface area contributed by atoms with Crippen molar-refractivity contribution in [3.8, 4) is 5.69 Å². The molecule has 0 aliphatic heterocycles. The van der Waals surface area contributed by atoms with Crippen LogP contribution in [0, 0.1) is 0 Å². The van der Waals surface area contributed by atoms with Crippen molar-refractivity contribution in [2.45, 2.75) is 0 Å². The van der Waals surface area contributed by atoms with Crippen molar-refractivity contribution in [3.63, 3.8) is 0 Å². The van der Waals surface area contributed by atoms with Gasteiger partial charge in [-0.3, -0.25) is 14.9 Å². The molecule has 4 aromatic rings. The summed E-state index contributed by atoms with van der Waals surface area (Å²) in [4.78, 5) is 16.8. The highest BCUT2D eigenvalue weighted by atomic mass is 35.5. The van der Waals surface area contributed by atoms with E-state index in [0.29, 0.717) is 10.4 Å². The van der Waals surface area contributed by atoms with Crippen molar-refractivity contribution >= 4 is 44.1 Å². The van der Waals surface area contributed by atoms with Gasteiger partial charge in [0, 0.05) is 11.2 Å². The van der Waals surface area contributed by atoms with Crippen LogP contribution in [-0.2, 0) is 0 Å². The van der Waals surface area contributed by atoms with Crippen LogP contribution in [0.1, 0.15) is 0 Å². The largest absolute Gasteiger partial charge is 0.289 e. The van der Waals surface area contributed by atoms with Crippen LogP contribution in [0.4, 0.5) is 0 Å². The maximum Gasteiger partial charge on any atom is 0.280 e. The molecule has 0 aliphatic rings. The zero-order chi connectivity index (χ0) is 13.7. The second-order valence-electron chi connectivity index (χ2n) is 4.41. The Morgan fingerprint density at radius 1 is 1.20 bits per heavy atom. The van der Waals surface area contributed by atoms with Gasteiger partial charge in [0.2, 0.25) is 0 Å². The molecule has 0 saturated carbocycles. The topological polar surface area (TPSA) is 50.7 Å². The van der Waals surface area contributed by atoms with Gasteiger partial charge in [-0.15, -0.1) is 11.3 Å². The number of thiophene rings is 1. The Morgan fingerprint density at radius 3 is 2.80 bits per heavy atom. The molecule has 0 unspecified atom stereocenters. The minimum Gasteiger partial charge on any atom is -0.289 e. The number of H-pyrrole nitrogens is 1. The Balaban J connectivity index is 2.07. The molecule has 20 heavy (non-hydrogen) atoms. The van der Waals surface area contributed by atoms with Gasteiger partial charge in [-0.05, 0) is 35.7 Å². The number of nitrogens with one attached hydrogen (secondary N) is 1. The molecule has 98 valence electrons. The van der Waals surface area contributed by atoms with E-state index >= 15 is 0 Å². The molecule has 3 aromatic heterocycles. The van der Waals surface area contributed by atoms with Crippen LogP contribution in [0.2, 0.25) is 5.02 Å². The average Bonchev–Trinajstić information content (AvgIpc) is 3.04. The summed E-state index contributed by atoms with van der Waals surface area (Å²) in [7, 11) is 0. The molecule has 1 N–H and O–H groups in total. The number of rotatable bonds is 1. The van der Waals surface area contributed by atoms with E-state index in [1.165, 1.54) is 4.68 Å². The van der Waals surface area contributed by atoms with E-state index in [9.17, 15) is 4.79 Å². The van der Waals surface area contributed by atoms with Crippen molar-refractivity contribution in [2.75, 3.05) is 0 Å².